The number of carbonyl (C=O) groups excluding carboxylic acids is 4. The Bertz CT molecular complexity index is 2450. The van der Waals surface area contributed by atoms with Crippen LogP contribution in [0.3, 0.4) is 0 Å². The molecule has 6 atom stereocenters. The Kier molecular flexibility index (Phi) is 10.7. The Balaban J connectivity index is 1.05. The quantitative estimate of drug-likeness (QED) is 0.151. The number of aliphatic hydroxyl groups excluding tert-OH is 1. The van der Waals surface area contributed by atoms with E-state index in [4.69, 9.17) is 23.6 Å². The van der Waals surface area contributed by atoms with E-state index in [1.165, 1.54) is 11.0 Å². The van der Waals surface area contributed by atoms with Crippen LogP contribution in [0.15, 0.2) is 69.6 Å². The number of halogens is 2. The van der Waals surface area contributed by atoms with Crippen LogP contribution in [0.2, 0.25) is 0 Å². The van der Waals surface area contributed by atoms with Crippen LogP contribution in [-0.2, 0) is 14.4 Å². The van der Waals surface area contributed by atoms with Crippen molar-refractivity contribution in [2.75, 3.05) is 13.1 Å². The Hall–Kier alpha value is -5.97. The summed E-state index contributed by atoms with van der Waals surface area (Å²) in [5.41, 5.74) is 0.296. The molecule has 4 fully saturated rings. The number of aryl methyl sites for hydroxylation is 1. The summed E-state index contributed by atoms with van der Waals surface area (Å²) < 4.78 is 48.9. The smallest absolute Gasteiger partial charge is 0.274 e. The highest BCUT2D eigenvalue weighted by Gasteiger charge is 2.64. The van der Waals surface area contributed by atoms with E-state index in [-0.39, 0.29) is 56.3 Å². The lowest BCUT2D eigenvalue weighted by molar-refractivity contribution is -0.141. The molecule has 4 amide bonds. The molecule has 2 aliphatic carbocycles. The number of alkyl halides is 2. The molecule has 6 unspecified atom stereocenters. The first-order chi connectivity index (χ1) is 29.4. The molecule has 2 saturated carbocycles. The van der Waals surface area contributed by atoms with Gasteiger partial charge in [-0.15, -0.1) is 0 Å². The average molecular weight is 840 g/mol. The van der Waals surface area contributed by atoms with Crippen molar-refractivity contribution >= 4 is 45.6 Å². The van der Waals surface area contributed by atoms with Crippen molar-refractivity contribution in [1.82, 2.24) is 36.0 Å². The van der Waals surface area contributed by atoms with Crippen LogP contribution >= 0.6 is 0 Å². The molecule has 15 nitrogen and oxygen atoms in total. The molecule has 0 spiro atoms. The average Bonchev–Trinajstić information content (AvgIpc) is 4.03. The molecule has 4 aliphatic rings. The second-order valence-corrected chi connectivity index (χ2v) is 17.0. The van der Waals surface area contributed by atoms with Crippen LogP contribution in [0.1, 0.15) is 80.5 Å². The summed E-state index contributed by atoms with van der Waals surface area (Å²) >= 11 is 0. The summed E-state index contributed by atoms with van der Waals surface area (Å²) in [7, 11) is 0. The van der Waals surface area contributed by atoms with Crippen molar-refractivity contribution in [1.29, 1.82) is 0 Å². The van der Waals surface area contributed by atoms with E-state index in [2.05, 4.69) is 21.1 Å². The summed E-state index contributed by atoms with van der Waals surface area (Å²) in [5, 5.41) is 23.4. The van der Waals surface area contributed by atoms with E-state index in [1.807, 2.05) is 48.5 Å². The van der Waals surface area contributed by atoms with Gasteiger partial charge in [-0.05, 0) is 75.1 Å². The molecule has 17 heteroatoms. The predicted molar refractivity (Wildman–Crippen MR) is 215 cm³/mol. The molecule has 2 saturated heterocycles. The van der Waals surface area contributed by atoms with Crippen LogP contribution < -0.4 is 20.7 Å². The standard InChI is InChI=1S/C44H47F2N7O8/c1-24-17-32(52-61-24)38(55)49-31-12-3-2-8-16-43(45,46)20-27-21-44(27,42(58)47-22-34(54)25-14-15-25)51-39(56)33-19-28(23-53(33)41(31)57)59-40-37(48-29-10-5-6-11-30(29)50-40)36-18-26-9-4-7-13-35(26)60-36/h4-7,9-11,13,17-18,25,27-28,31,33-34,54H,2-3,8,12,14-16,19-23H2,1H3,(H,47,58)(H,49,55)(H,51,56). The fourth-order valence-electron chi connectivity index (χ4n) is 8.76. The van der Waals surface area contributed by atoms with Gasteiger partial charge in [-0.3, -0.25) is 19.2 Å². The van der Waals surface area contributed by atoms with E-state index >= 15 is 8.78 Å². The predicted octanol–water partition coefficient (Wildman–Crippen LogP) is 5.24. The number of aromatic nitrogens is 3. The zero-order valence-electron chi connectivity index (χ0n) is 33.6. The summed E-state index contributed by atoms with van der Waals surface area (Å²) in [6, 6.07) is 15.5. The number of rotatable bonds is 9. The molecule has 0 bridgehead atoms. The van der Waals surface area contributed by atoms with E-state index in [9.17, 15) is 24.3 Å². The Labute approximate surface area is 349 Å². The van der Waals surface area contributed by atoms with Crippen molar-refractivity contribution in [3.63, 3.8) is 0 Å². The zero-order chi connectivity index (χ0) is 42.5. The van der Waals surface area contributed by atoms with Crippen LogP contribution in [-0.4, -0.2) is 97.6 Å². The summed E-state index contributed by atoms with van der Waals surface area (Å²) in [5.74, 6) is -5.77. The number of carbonyl (C=O) groups is 4. The first-order valence-corrected chi connectivity index (χ1v) is 21.0. The topological polar surface area (TPSA) is 202 Å². The molecule has 4 N–H and O–H groups in total. The van der Waals surface area contributed by atoms with Gasteiger partial charge in [-0.25, -0.2) is 18.7 Å². The second-order valence-electron chi connectivity index (χ2n) is 17.0. The fraction of sp³-hybridized carbons (Fsp3) is 0.477. The largest absolute Gasteiger partial charge is 0.471 e. The SMILES string of the molecule is Cc1cc(C(=O)NC2CCCCCC(F)(F)CC3CC3(C(=O)NCC(O)C3CC3)NC(=O)C3CC(Oc4nc5ccccc5nc4-c4cc5ccccc5o4)CN3C2=O)no1. The Morgan fingerprint density at radius 2 is 1.79 bits per heavy atom. The Morgan fingerprint density at radius 3 is 2.54 bits per heavy atom. The molecule has 2 aromatic carbocycles. The van der Waals surface area contributed by atoms with Gasteiger partial charge in [0.05, 0.1) is 23.7 Å². The number of amides is 4. The monoisotopic (exact) mass is 839 g/mol. The number of para-hydroxylation sites is 3. The molecule has 320 valence electrons. The number of furan rings is 1. The number of benzene rings is 2. The lowest BCUT2D eigenvalue weighted by Gasteiger charge is -2.30. The number of nitrogens with one attached hydrogen (secondary N) is 3. The van der Waals surface area contributed by atoms with Gasteiger partial charge in [0.15, 0.2) is 17.1 Å². The highest BCUT2D eigenvalue weighted by atomic mass is 19.3. The first kappa shape index (κ1) is 40.4. The molecule has 0 radical (unpaired) electrons. The number of nitrogens with zero attached hydrogens (tertiary/aromatic N) is 4. The van der Waals surface area contributed by atoms with E-state index in [0.717, 1.165) is 18.2 Å². The highest BCUT2D eigenvalue weighted by molar-refractivity contribution is 5.99. The van der Waals surface area contributed by atoms with Gasteiger partial charge in [0.1, 0.15) is 35.1 Å². The normalized spacial score (nSPS) is 26.1. The van der Waals surface area contributed by atoms with Gasteiger partial charge in [0, 0.05) is 37.3 Å². The van der Waals surface area contributed by atoms with E-state index in [1.54, 1.807) is 13.0 Å². The first-order valence-electron chi connectivity index (χ1n) is 21.0. The summed E-state index contributed by atoms with van der Waals surface area (Å²) in [4.78, 5) is 67.7. The number of aliphatic hydroxyl groups is 1. The number of ether oxygens (including phenoxy) is 1. The lowest BCUT2D eigenvalue weighted by atomic mass is 10.00. The third kappa shape index (κ3) is 8.52. The van der Waals surface area contributed by atoms with Crippen LogP contribution in [0, 0.1) is 18.8 Å². The van der Waals surface area contributed by atoms with Crippen molar-refractivity contribution < 1.29 is 46.7 Å². The number of fused-ring (bicyclic) bond motifs is 4. The van der Waals surface area contributed by atoms with E-state index in [0.29, 0.717) is 46.7 Å². The molecule has 61 heavy (non-hydrogen) atoms. The van der Waals surface area contributed by atoms with Crippen molar-refractivity contribution in [3.8, 4) is 17.3 Å². The molecule has 3 aromatic heterocycles. The third-order valence-electron chi connectivity index (χ3n) is 12.4. The van der Waals surface area contributed by atoms with Gasteiger partial charge in [-0.2, -0.15) is 0 Å². The zero-order valence-corrected chi connectivity index (χ0v) is 33.6. The third-order valence-corrected chi connectivity index (χ3v) is 12.4. The highest BCUT2D eigenvalue weighted by Crippen LogP contribution is 2.51. The van der Waals surface area contributed by atoms with E-state index < -0.39 is 78.1 Å². The lowest BCUT2D eigenvalue weighted by Crippen LogP contribution is -2.58. The number of hydrogen-bond donors (Lipinski definition) is 4. The molecule has 5 heterocycles. The van der Waals surface area contributed by atoms with Gasteiger partial charge in [-0.1, -0.05) is 48.3 Å². The van der Waals surface area contributed by atoms with Gasteiger partial charge < -0.3 is 39.6 Å². The van der Waals surface area contributed by atoms with Crippen LogP contribution in [0.5, 0.6) is 5.88 Å². The van der Waals surface area contributed by atoms with Gasteiger partial charge in [0.2, 0.25) is 29.5 Å². The van der Waals surface area contributed by atoms with Crippen molar-refractivity contribution in [2.45, 2.75) is 107 Å². The summed E-state index contributed by atoms with van der Waals surface area (Å²) in [6.45, 7) is 1.41. The maximum atomic E-state index is 15.5. The van der Waals surface area contributed by atoms with Crippen molar-refractivity contribution in [3.05, 3.63) is 72.1 Å². The fourth-order valence-corrected chi connectivity index (χ4v) is 8.76. The van der Waals surface area contributed by atoms with Gasteiger partial charge >= 0.3 is 0 Å². The van der Waals surface area contributed by atoms with Crippen LogP contribution in [0.25, 0.3) is 33.5 Å². The molecular formula is C44H47F2N7O8. The minimum Gasteiger partial charge on any atom is -0.471 e. The minimum atomic E-state index is -3.13. The van der Waals surface area contributed by atoms with Crippen molar-refractivity contribution in [2.24, 2.45) is 11.8 Å². The van der Waals surface area contributed by atoms with Gasteiger partial charge in [0.25, 0.3) is 5.91 Å². The Morgan fingerprint density at radius 1 is 1.02 bits per heavy atom. The molecule has 9 rings (SSSR count). The second kappa shape index (κ2) is 16.1. The summed E-state index contributed by atoms with van der Waals surface area (Å²) in [6.07, 6.45) is -0.290. The number of hydrogen-bond acceptors (Lipinski definition) is 11. The molecule has 5 aromatic rings. The maximum Gasteiger partial charge on any atom is 0.274 e. The molecule has 2 aliphatic heterocycles. The van der Waals surface area contributed by atoms with Crippen LogP contribution in [0.4, 0.5) is 8.78 Å². The maximum absolute atomic E-state index is 15.5. The molecular weight excluding hydrogens is 793 g/mol. The minimum absolute atomic E-state index is 0.0381.